The molecule has 1 heterocycles. The van der Waals surface area contributed by atoms with Crippen molar-refractivity contribution in [2.45, 2.75) is 6.10 Å². The number of β-amino-alcohol motifs (C(OH)–C–C–N with tert-alkyl or cyclic N) is 1. The number of carboxylic acids is 1. The third-order valence-corrected chi connectivity index (χ3v) is 1.81. The molecule has 0 aromatic rings. The number of hydrogen-bond acceptors (Lipinski definition) is 5. The number of carbonyl (C=O) groups excluding carboxylic acids is 1. The van der Waals surface area contributed by atoms with Crippen LogP contribution in [-0.4, -0.2) is 54.9 Å². The third kappa shape index (κ3) is 4.95. The summed E-state index contributed by atoms with van der Waals surface area (Å²) in [5, 5.41) is 19.1. The van der Waals surface area contributed by atoms with Gasteiger partial charge in [0.05, 0.1) is 19.2 Å². The molecule has 0 radical (unpaired) electrons. The molecule has 1 aliphatic rings. The number of nitrogens with zero attached hydrogens (tertiary/aromatic N) is 1. The largest absolute Gasteiger partial charge is 1.00 e. The zero-order chi connectivity index (χ0) is 8.97. The van der Waals surface area contributed by atoms with Gasteiger partial charge in [0.25, 0.3) is 0 Å². The normalized spacial score (nSPS) is 20.4. The van der Waals surface area contributed by atoms with Crippen molar-refractivity contribution < 1.29 is 49.3 Å². The predicted octanol–water partition coefficient (Wildman–Crippen LogP) is -5.57. The monoisotopic (exact) mass is 197 g/mol. The summed E-state index contributed by atoms with van der Waals surface area (Å²) in [6, 6.07) is 0. The molecule has 6 heteroatoms. The first kappa shape index (κ1) is 13.4. The van der Waals surface area contributed by atoms with Crippen LogP contribution in [0.15, 0.2) is 0 Å². The third-order valence-electron chi connectivity index (χ3n) is 1.81. The number of ether oxygens (including phenoxy) is 1. The molecule has 0 aliphatic carbocycles. The molecule has 1 N–H and O–H groups in total. The van der Waals surface area contributed by atoms with Gasteiger partial charge < -0.3 is 19.7 Å². The second kappa shape index (κ2) is 6.75. The maximum atomic E-state index is 10.2. The Morgan fingerprint density at radius 3 is 2.54 bits per heavy atom. The van der Waals surface area contributed by atoms with Crippen LogP contribution in [0.3, 0.4) is 0 Å². The van der Waals surface area contributed by atoms with E-state index in [1.165, 1.54) is 0 Å². The number of aliphatic carboxylic acids is 1. The molecule has 70 valence electrons. The molecule has 0 spiro atoms. The number of aliphatic hydroxyl groups excluding tert-OH is 1. The van der Waals surface area contributed by atoms with E-state index < -0.39 is 12.1 Å². The molecule has 0 bridgehead atoms. The average molecular weight is 197 g/mol. The molecule has 0 aromatic heterocycles. The van der Waals surface area contributed by atoms with Gasteiger partial charge in [0.1, 0.15) is 6.10 Å². The summed E-state index contributed by atoms with van der Waals surface area (Å²) in [7, 11) is 0. The average Bonchev–Trinajstić information content (AvgIpc) is 2.06. The van der Waals surface area contributed by atoms with Crippen LogP contribution in [0.2, 0.25) is 0 Å². The number of carbonyl (C=O) groups is 1. The molecule has 1 fully saturated rings. The SMILES string of the molecule is O=C([O-])C(O)CN1CCOCC1.[Na+]. The van der Waals surface area contributed by atoms with Gasteiger partial charge in [0.2, 0.25) is 0 Å². The van der Waals surface area contributed by atoms with E-state index in [-0.39, 0.29) is 36.1 Å². The van der Waals surface area contributed by atoms with Crippen LogP contribution in [-0.2, 0) is 9.53 Å². The number of morpholine rings is 1. The summed E-state index contributed by atoms with van der Waals surface area (Å²) < 4.78 is 5.06. The van der Waals surface area contributed by atoms with Crippen LogP contribution in [0.4, 0.5) is 0 Å². The Morgan fingerprint density at radius 2 is 2.08 bits per heavy atom. The van der Waals surface area contributed by atoms with E-state index in [0.717, 1.165) is 0 Å². The minimum Gasteiger partial charge on any atom is -0.547 e. The predicted molar refractivity (Wildman–Crippen MR) is 38.3 cm³/mol. The topological polar surface area (TPSA) is 72.8 Å². The van der Waals surface area contributed by atoms with Crippen LogP contribution < -0.4 is 34.7 Å². The molecular formula is C7H12NNaO4. The Bertz CT molecular complexity index is 161. The van der Waals surface area contributed by atoms with Crippen LogP contribution >= 0.6 is 0 Å². The number of rotatable bonds is 3. The molecule has 0 saturated carbocycles. The Balaban J connectivity index is 0.00000144. The van der Waals surface area contributed by atoms with E-state index >= 15 is 0 Å². The van der Waals surface area contributed by atoms with Crippen LogP contribution in [0.5, 0.6) is 0 Å². The molecular weight excluding hydrogens is 185 g/mol. The van der Waals surface area contributed by atoms with Crippen molar-refractivity contribution in [3.8, 4) is 0 Å². The fourth-order valence-corrected chi connectivity index (χ4v) is 1.10. The van der Waals surface area contributed by atoms with Crippen molar-refractivity contribution in [2.24, 2.45) is 0 Å². The summed E-state index contributed by atoms with van der Waals surface area (Å²) in [6.07, 6.45) is -1.39. The van der Waals surface area contributed by atoms with Gasteiger partial charge in [-0.05, 0) is 0 Å². The summed E-state index contributed by atoms with van der Waals surface area (Å²) >= 11 is 0. The van der Waals surface area contributed by atoms with Gasteiger partial charge in [-0.2, -0.15) is 0 Å². The first-order valence-corrected chi connectivity index (χ1v) is 3.89. The molecule has 5 nitrogen and oxygen atoms in total. The molecule has 1 saturated heterocycles. The maximum Gasteiger partial charge on any atom is 1.00 e. The fourth-order valence-electron chi connectivity index (χ4n) is 1.10. The Labute approximate surface area is 99.0 Å². The summed E-state index contributed by atoms with van der Waals surface area (Å²) in [4.78, 5) is 12.0. The summed E-state index contributed by atoms with van der Waals surface area (Å²) in [5.41, 5.74) is 0. The molecule has 1 aliphatic heterocycles. The van der Waals surface area contributed by atoms with Gasteiger partial charge in [-0.3, -0.25) is 4.90 Å². The Kier molecular flexibility index (Phi) is 6.93. The van der Waals surface area contributed by atoms with E-state index in [1.54, 1.807) is 0 Å². The molecule has 13 heavy (non-hydrogen) atoms. The van der Waals surface area contributed by atoms with Gasteiger partial charge >= 0.3 is 29.6 Å². The van der Waals surface area contributed by atoms with Crippen LogP contribution in [0, 0.1) is 0 Å². The van der Waals surface area contributed by atoms with E-state index in [1.807, 2.05) is 4.90 Å². The summed E-state index contributed by atoms with van der Waals surface area (Å²) in [6.45, 7) is 2.67. The van der Waals surface area contributed by atoms with Gasteiger partial charge in [-0.1, -0.05) is 0 Å². The van der Waals surface area contributed by atoms with Crippen molar-refractivity contribution in [3.63, 3.8) is 0 Å². The second-order valence-corrected chi connectivity index (χ2v) is 2.75. The molecule has 0 aromatic carbocycles. The van der Waals surface area contributed by atoms with Gasteiger partial charge in [-0.15, -0.1) is 0 Å². The van der Waals surface area contributed by atoms with E-state index in [4.69, 9.17) is 9.84 Å². The van der Waals surface area contributed by atoms with Crippen molar-refractivity contribution in [2.75, 3.05) is 32.8 Å². The molecule has 1 atom stereocenters. The van der Waals surface area contributed by atoms with Gasteiger partial charge in [0.15, 0.2) is 0 Å². The molecule has 1 unspecified atom stereocenters. The maximum absolute atomic E-state index is 10.2. The summed E-state index contributed by atoms with van der Waals surface area (Å²) in [5.74, 6) is -1.42. The zero-order valence-corrected chi connectivity index (χ0v) is 9.73. The van der Waals surface area contributed by atoms with E-state index in [9.17, 15) is 9.90 Å². The van der Waals surface area contributed by atoms with E-state index in [0.29, 0.717) is 26.3 Å². The van der Waals surface area contributed by atoms with Crippen LogP contribution in [0.25, 0.3) is 0 Å². The van der Waals surface area contributed by atoms with Gasteiger partial charge in [0, 0.05) is 19.6 Å². The smallest absolute Gasteiger partial charge is 0.547 e. The standard InChI is InChI=1S/C7H13NO4.Na/c9-6(7(10)11)5-8-1-3-12-4-2-8;/h6,9H,1-5H2,(H,10,11);/q;+1/p-1. The van der Waals surface area contributed by atoms with Crippen molar-refractivity contribution in [1.29, 1.82) is 0 Å². The minimum atomic E-state index is -1.42. The number of hydrogen-bond donors (Lipinski definition) is 1. The van der Waals surface area contributed by atoms with Crippen molar-refractivity contribution in [1.82, 2.24) is 4.90 Å². The van der Waals surface area contributed by atoms with Crippen LogP contribution in [0.1, 0.15) is 0 Å². The second-order valence-electron chi connectivity index (χ2n) is 2.75. The minimum absolute atomic E-state index is 0. The quantitative estimate of drug-likeness (QED) is 0.457. The molecule has 0 amide bonds. The Hall–Kier alpha value is 0.350. The van der Waals surface area contributed by atoms with Gasteiger partial charge in [-0.25, -0.2) is 0 Å². The number of carboxylic acid groups (broad SMARTS) is 1. The van der Waals surface area contributed by atoms with Crippen molar-refractivity contribution in [3.05, 3.63) is 0 Å². The molecule has 1 rings (SSSR count). The number of aliphatic hydroxyl groups is 1. The first-order valence-electron chi connectivity index (χ1n) is 3.89. The first-order chi connectivity index (χ1) is 5.70. The fraction of sp³-hybridized carbons (Fsp3) is 0.857. The van der Waals surface area contributed by atoms with E-state index in [2.05, 4.69) is 0 Å². The Morgan fingerprint density at radius 1 is 1.54 bits per heavy atom. The van der Waals surface area contributed by atoms with Crippen molar-refractivity contribution >= 4 is 5.97 Å². The zero-order valence-electron chi connectivity index (χ0n) is 7.73.